The molecule has 3 N–H and O–H groups in total. The molecule has 0 saturated carbocycles. The number of hydrogen-bond donors (Lipinski definition) is 3. The van der Waals surface area contributed by atoms with E-state index in [1.807, 2.05) is 0 Å². The fourth-order valence-electron chi connectivity index (χ4n) is 1.81. The van der Waals surface area contributed by atoms with E-state index in [-0.39, 0.29) is 29.4 Å². The first-order valence-corrected chi connectivity index (χ1v) is 6.14. The van der Waals surface area contributed by atoms with E-state index >= 15 is 0 Å². The molecule has 21 heavy (non-hydrogen) atoms. The lowest BCUT2D eigenvalue weighted by Crippen LogP contribution is -2.13. The van der Waals surface area contributed by atoms with Crippen LogP contribution >= 0.6 is 0 Å². The zero-order valence-electron chi connectivity index (χ0n) is 11.4. The Morgan fingerprint density at radius 2 is 1.81 bits per heavy atom. The zero-order valence-corrected chi connectivity index (χ0v) is 11.4. The van der Waals surface area contributed by atoms with Gasteiger partial charge < -0.3 is 24.9 Å². The smallest absolute Gasteiger partial charge is 0.161 e. The summed E-state index contributed by atoms with van der Waals surface area (Å²) in [4.78, 5) is 0. The Bertz CT molecular complexity index is 654. The third kappa shape index (κ3) is 3.36. The number of para-hydroxylation sites is 2. The van der Waals surface area contributed by atoms with Crippen LogP contribution in [-0.2, 0) is 0 Å². The van der Waals surface area contributed by atoms with Crippen molar-refractivity contribution in [3.05, 3.63) is 48.0 Å². The Kier molecular flexibility index (Phi) is 4.50. The number of oxime groups is 1. The van der Waals surface area contributed by atoms with Crippen LogP contribution < -0.4 is 9.47 Å². The van der Waals surface area contributed by atoms with Crippen LogP contribution in [0.15, 0.2) is 47.6 Å². The number of benzene rings is 2. The van der Waals surface area contributed by atoms with Crippen molar-refractivity contribution < 1.29 is 24.9 Å². The minimum absolute atomic E-state index is 0.0742. The molecular formula is C15H15NO5. The van der Waals surface area contributed by atoms with E-state index in [9.17, 15) is 10.2 Å². The van der Waals surface area contributed by atoms with Crippen molar-refractivity contribution in [2.45, 2.75) is 0 Å². The van der Waals surface area contributed by atoms with Gasteiger partial charge in [0.1, 0.15) is 23.8 Å². The Labute approximate surface area is 121 Å². The van der Waals surface area contributed by atoms with Crippen LogP contribution in [0.2, 0.25) is 0 Å². The lowest BCUT2D eigenvalue weighted by molar-refractivity contribution is 0.302. The molecule has 6 nitrogen and oxygen atoms in total. The second kappa shape index (κ2) is 6.51. The highest BCUT2D eigenvalue weighted by Crippen LogP contribution is 2.27. The summed E-state index contributed by atoms with van der Waals surface area (Å²) in [6.07, 6.45) is 0. The molecule has 110 valence electrons. The maximum absolute atomic E-state index is 9.76. The summed E-state index contributed by atoms with van der Waals surface area (Å²) in [5.41, 5.74) is 0.392. The molecule has 0 heterocycles. The lowest BCUT2D eigenvalue weighted by Gasteiger charge is -2.12. The van der Waals surface area contributed by atoms with Gasteiger partial charge in [-0.2, -0.15) is 0 Å². The standard InChI is InChI=1S/C15H15NO5/c1-20-14-4-2-3-5-15(14)21-9-12(16-19)11-7-6-10(17)8-13(11)18/h2-8,17-19H,9H2,1H3. The van der Waals surface area contributed by atoms with Crippen LogP contribution in [0.5, 0.6) is 23.0 Å². The van der Waals surface area contributed by atoms with Crippen LogP contribution in [0.25, 0.3) is 0 Å². The number of phenolic OH excluding ortho intramolecular Hbond substituents is 2. The van der Waals surface area contributed by atoms with E-state index in [1.54, 1.807) is 24.3 Å². The molecule has 0 unspecified atom stereocenters. The van der Waals surface area contributed by atoms with Gasteiger partial charge in [0.25, 0.3) is 0 Å². The minimum atomic E-state index is -0.202. The molecule has 6 heteroatoms. The van der Waals surface area contributed by atoms with E-state index in [0.29, 0.717) is 11.5 Å². The highest BCUT2D eigenvalue weighted by atomic mass is 16.5. The van der Waals surface area contributed by atoms with Gasteiger partial charge in [0.05, 0.1) is 7.11 Å². The summed E-state index contributed by atoms with van der Waals surface area (Å²) < 4.78 is 10.7. The summed E-state index contributed by atoms with van der Waals surface area (Å²) in [5.74, 6) is 0.745. The monoisotopic (exact) mass is 289 g/mol. The molecule has 2 aromatic rings. The van der Waals surface area contributed by atoms with Gasteiger partial charge in [0.2, 0.25) is 0 Å². The molecule has 0 aromatic heterocycles. The van der Waals surface area contributed by atoms with Gasteiger partial charge in [0.15, 0.2) is 11.5 Å². The quantitative estimate of drug-likeness (QED) is 0.446. The molecule has 0 atom stereocenters. The van der Waals surface area contributed by atoms with E-state index in [0.717, 1.165) is 6.07 Å². The van der Waals surface area contributed by atoms with Gasteiger partial charge in [-0.05, 0) is 24.3 Å². The molecule has 0 fully saturated rings. The molecule has 0 spiro atoms. The van der Waals surface area contributed by atoms with E-state index in [1.165, 1.54) is 19.2 Å². The van der Waals surface area contributed by atoms with Crippen LogP contribution in [0.3, 0.4) is 0 Å². The molecule has 0 aliphatic heterocycles. The van der Waals surface area contributed by atoms with Gasteiger partial charge >= 0.3 is 0 Å². The maximum Gasteiger partial charge on any atom is 0.161 e. The van der Waals surface area contributed by atoms with Gasteiger partial charge in [-0.3, -0.25) is 0 Å². The fourth-order valence-corrected chi connectivity index (χ4v) is 1.81. The largest absolute Gasteiger partial charge is 0.508 e. The minimum Gasteiger partial charge on any atom is -0.508 e. The number of phenols is 2. The second-order valence-corrected chi connectivity index (χ2v) is 4.19. The van der Waals surface area contributed by atoms with Crippen molar-refractivity contribution in [3.8, 4) is 23.0 Å². The van der Waals surface area contributed by atoms with Crippen molar-refractivity contribution in [2.24, 2.45) is 5.16 Å². The molecule has 0 amide bonds. The molecule has 0 radical (unpaired) electrons. The van der Waals surface area contributed by atoms with Gasteiger partial charge in [-0.15, -0.1) is 0 Å². The van der Waals surface area contributed by atoms with E-state index < -0.39 is 0 Å². The Balaban J connectivity index is 2.17. The first-order chi connectivity index (χ1) is 10.2. The number of rotatable bonds is 5. The average molecular weight is 289 g/mol. The number of nitrogens with zero attached hydrogens (tertiary/aromatic N) is 1. The van der Waals surface area contributed by atoms with E-state index in [2.05, 4.69) is 5.16 Å². The van der Waals surface area contributed by atoms with Gasteiger partial charge in [-0.1, -0.05) is 17.3 Å². The second-order valence-electron chi connectivity index (χ2n) is 4.19. The average Bonchev–Trinajstić information content (AvgIpc) is 2.50. The predicted octanol–water partition coefficient (Wildman–Crippen LogP) is 2.36. The summed E-state index contributed by atoms with van der Waals surface area (Å²) in [7, 11) is 1.52. The fraction of sp³-hybridized carbons (Fsp3) is 0.133. The third-order valence-corrected chi connectivity index (χ3v) is 2.85. The lowest BCUT2D eigenvalue weighted by atomic mass is 10.1. The number of hydrogen-bond acceptors (Lipinski definition) is 6. The van der Waals surface area contributed by atoms with Crippen molar-refractivity contribution in [1.29, 1.82) is 0 Å². The summed E-state index contributed by atoms with van der Waals surface area (Å²) in [5, 5.41) is 31.2. The van der Waals surface area contributed by atoms with Crippen LogP contribution in [-0.4, -0.2) is 34.8 Å². The highest BCUT2D eigenvalue weighted by molar-refractivity contribution is 6.03. The Morgan fingerprint density at radius 3 is 2.43 bits per heavy atom. The first-order valence-electron chi connectivity index (χ1n) is 6.14. The Hall–Kier alpha value is -2.89. The predicted molar refractivity (Wildman–Crippen MR) is 76.6 cm³/mol. The SMILES string of the molecule is COc1ccccc1OCC(=NO)c1ccc(O)cc1O. The third-order valence-electron chi connectivity index (χ3n) is 2.85. The summed E-state index contributed by atoms with van der Waals surface area (Å²) in [6, 6.07) is 11.0. The van der Waals surface area contributed by atoms with Crippen molar-refractivity contribution in [2.75, 3.05) is 13.7 Å². The molecule has 0 aliphatic rings. The van der Waals surface area contributed by atoms with Crippen molar-refractivity contribution >= 4 is 5.71 Å². The Morgan fingerprint density at radius 1 is 1.10 bits per heavy atom. The number of methoxy groups -OCH3 is 1. The number of aromatic hydroxyl groups is 2. The molecule has 2 aromatic carbocycles. The van der Waals surface area contributed by atoms with Gasteiger partial charge in [-0.25, -0.2) is 0 Å². The highest BCUT2D eigenvalue weighted by Gasteiger charge is 2.13. The number of ether oxygens (including phenoxy) is 2. The van der Waals surface area contributed by atoms with Crippen LogP contribution in [0, 0.1) is 0 Å². The normalized spacial score (nSPS) is 11.2. The van der Waals surface area contributed by atoms with Gasteiger partial charge in [0, 0.05) is 11.6 Å². The first kappa shape index (κ1) is 14.5. The van der Waals surface area contributed by atoms with Crippen LogP contribution in [0.4, 0.5) is 0 Å². The molecule has 2 rings (SSSR count). The van der Waals surface area contributed by atoms with E-state index in [4.69, 9.17) is 14.7 Å². The maximum atomic E-state index is 9.76. The van der Waals surface area contributed by atoms with Crippen molar-refractivity contribution in [3.63, 3.8) is 0 Å². The zero-order chi connectivity index (χ0) is 15.2. The van der Waals surface area contributed by atoms with Crippen LogP contribution in [0.1, 0.15) is 5.56 Å². The molecular weight excluding hydrogens is 274 g/mol. The summed E-state index contributed by atoms with van der Waals surface area (Å²) in [6.45, 7) is -0.0742. The van der Waals surface area contributed by atoms with Crippen molar-refractivity contribution in [1.82, 2.24) is 0 Å². The summed E-state index contributed by atoms with van der Waals surface area (Å²) >= 11 is 0. The topological polar surface area (TPSA) is 91.5 Å². The molecule has 0 aliphatic carbocycles. The molecule has 0 saturated heterocycles. The molecule has 0 bridgehead atoms.